The maximum Gasteiger partial charge on any atom is 0.147 e. The second-order valence-corrected chi connectivity index (χ2v) is 4.86. The molecule has 1 fully saturated rings. The van der Waals surface area contributed by atoms with E-state index in [-0.39, 0.29) is 0 Å². The quantitative estimate of drug-likeness (QED) is 0.913. The molecule has 2 heterocycles. The van der Waals surface area contributed by atoms with Gasteiger partial charge < -0.3 is 10.6 Å². The Morgan fingerprint density at radius 1 is 1.21 bits per heavy atom. The van der Waals surface area contributed by atoms with Crippen molar-refractivity contribution < 1.29 is 0 Å². The number of hydrogen-bond donors (Lipinski definition) is 1. The lowest BCUT2D eigenvalue weighted by atomic mass is 10.0. The minimum atomic E-state index is 0.406. The first-order valence-electron chi connectivity index (χ1n) is 6.70. The summed E-state index contributed by atoms with van der Waals surface area (Å²) in [6, 6.07) is 9.00. The van der Waals surface area contributed by atoms with Gasteiger partial charge in [-0.3, -0.25) is 4.98 Å². The topological polar surface area (TPSA) is 55.0 Å². The molecular weight excluding hydrogens is 236 g/mol. The van der Waals surface area contributed by atoms with E-state index in [9.17, 15) is 0 Å². The molecule has 2 aromatic rings. The summed E-state index contributed by atoms with van der Waals surface area (Å²) in [5.74, 6) is 0.966. The molecule has 1 atom stereocenters. The van der Waals surface area contributed by atoms with E-state index in [2.05, 4.69) is 39.1 Å². The van der Waals surface area contributed by atoms with Gasteiger partial charge in [0.05, 0.1) is 12.2 Å². The van der Waals surface area contributed by atoms with Crippen LogP contribution in [0.15, 0.2) is 42.9 Å². The highest BCUT2D eigenvalue weighted by Crippen LogP contribution is 2.34. The Hall–Kier alpha value is -1.94. The van der Waals surface area contributed by atoms with Gasteiger partial charge >= 0.3 is 0 Å². The third-order valence-electron chi connectivity index (χ3n) is 3.70. The highest BCUT2D eigenvalue weighted by atomic mass is 15.2. The molecule has 0 saturated carbocycles. The van der Waals surface area contributed by atoms with E-state index in [1.165, 1.54) is 24.0 Å². The predicted octanol–water partition coefficient (Wildman–Crippen LogP) is 2.28. The molecule has 3 rings (SSSR count). The molecule has 98 valence electrons. The van der Waals surface area contributed by atoms with E-state index in [0.717, 1.165) is 12.4 Å². The first kappa shape index (κ1) is 12.1. The first-order valence-corrected chi connectivity index (χ1v) is 6.70. The predicted molar refractivity (Wildman–Crippen MR) is 75.7 cm³/mol. The molecule has 1 aromatic carbocycles. The lowest BCUT2D eigenvalue weighted by Crippen LogP contribution is -2.23. The van der Waals surface area contributed by atoms with Crippen LogP contribution in [0.3, 0.4) is 0 Å². The number of benzene rings is 1. The van der Waals surface area contributed by atoms with Crippen molar-refractivity contribution in [3.63, 3.8) is 0 Å². The van der Waals surface area contributed by atoms with Gasteiger partial charge in [0, 0.05) is 25.5 Å². The average molecular weight is 254 g/mol. The molecule has 0 amide bonds. The van der Waals surface area contributed by atoms with Crippen LogP contribution in [0.25, 0.3) is 0 Å². The molecule has 2 N–H and O–H groups in total. The van der Waals surface area contributed by atoms with E-state index in [4.69, 9.17) is 5.73 Å². The standard InChI is InChI=1S/C15H18N4/c16-10-12-3-5-13(6-4-12)14-2-1-9-19(14)15-11-17-7-8-18-15/h3-8,11,14H,1-2,9-10,16H2. The van der Waals surface area contributed by atoms with Gasteiger partial charge in [0.1, 0.15) is 5.82 Å². The molecule has 0 spiro atoms. The normalized spacial score (nSPS) is 18.8. The SMILES string of the molecule is NCc1ccc(C2CCCN2c2cnccn2)cc1. The number of nitrogens with zero attached hydrogens (tertiary/aromatic N) is 3. The lowest BCUT2D eigenvalue weighted by molar-refractivity contribution is 0.709. The van der Waals surface area contributed by atoms with E-state index in [1.54, 1.807) is 12.4 Å². The Labute approximate surface area is 113 Å². The van der Waals surface area contributed by atoms with Crippen LogP contribution in [0.4, 0.5) is 5.82 Å². The number of aromatic nitrogens is 2. The molecule has 1 saturated heterocycles. The summed E-state index contributed by atoms with van der Waals surface area (Å²) >= 11 is 0. The van der Waals surface area contributed by atoms with E-state index >= 15 is 0 Å². The molecule has 0 aliphatic carbocycles. The summed E-state index contributed by atoms with van der Waals surface area (Å²) in [7, 11) is 0. The fraction of sp³-hybridized carbons (Fsp3) is 0.333. The molecule has 1 unspecified atom stereocenters. The Morgan fingerprint density at radius 3 is 2.74 bits per heavy atom. The van der Waals surface area contributed by atoms with Crippen LogP contribution in [-0.2, 0) is 6.54 Å². The number of anilines is 1. The van der Waals surface area contributed by atoms with Gasteiger partial charge in [-0.15, -0.1) is 0 Å². The molecule has 1 aliphatic heterocycles. The number of nitrogens with two attached hydrogens (primary N) is 1. The average Bonchev–Trinajstić information content (AvgIpc) is 2.98. The third-order valence-corrected chi connectivity index (χ3v) is 3.70. The summed E-state index contributed by atoms with van der Waals surface area (Å²) in [6.45, 7) is 1.64. The highest BCUT2D eigenvalue weighted by molar-refractivity contribution is 5.42. The Morgan fingerprint density at radius 2 is 2.05 bits per heavy atom. The van der Waals surface area contributed by atoms with Crippen molar-refractivity contribution in [2.24, 2.45) is 5.73 Å². The van der Waals surface area contributed by atoms with Gasteiger partial charge in [-0.05, 0) is 24.0 Å². The van der Waals surface area contributed by atoms with Gasteiger partial charge in [0.25, 0.3) is 0 Å². The van der Waals surface area contributed by atoms with Crippen LogP contribution in [0.5, 0.6) is 0 Å². The first-order chi connectivity index (χ1) is 9.38. The van der Waals surface area contributed by atoms with E-state index in [1.807, 2.05) is 6.20 Å². The number of hydrogen-bond acceptors (Lipinski definition) is 4. The summed E-state index contributed by atoms with van der Waals surface area (Å²) in [5, 5.41) is 0. The molecule has 4 nitrogen and oxygen atoms in total. The third kappa shape index (κ3) is 2.44. The zero-order chi connectivity index (χ0) is 13.1. The Kier molecular flexibility index (Phi) is 3.42. The van der Waals surface area contributed by atoms with E-state index < -0.39 is 0 Å². The highest BCUT2D eigenvalue weighted by Gasteiger charge is 2.26. The monoisotopic (exact) mass is 254 g/mol. The Balaban J connectivity index is 1.86. The molecule has 19 heavy (non-hydrogen) atoms. The van der Waals surface area contributed by atoms with Crippen LogP contribution < -0.4 is 10.6 Å². The van der Waals surface area contributed by atoms with Gasteiger partial charge in [-0.2, -0.15) is 0 Å². The Bertz CT molecular complexity index is 524. The second kappa shape index (κ2) is 5.36. The van der Waals surface area contributed by atoms with Crippen LogP contribution in [0.2, 0.25) is 0 Å². The minimum Gasteiger partial charge on any atom is -0.348 e. The van der Waals surface area contributed by atoms with Gasteiger partial charge in [-0.1, -0.05) is 24.3 Å². The zero-order valence-electron chi connectivity index (χ0n) is 10.9. The zero-order valence-corrected chi connectivity index (χ0v) is 10.9. The van der Waals surface area contributed by atoms with Gasteiger partial charge in [-0.25, -0.2) is 4.98 Å². The van der Waals surface area contributed by atoms with Crippen LogP contribution in [0.1, 0.15) is 30.0 Å². The van der Waals surface area contributed by atoms with Crippen molar-refractivity contribution in [3.05, 3.63) is 54.0 Å². The van der Waals surface area contributed by atoms with Crippen LogP contribution in [0, 0.1) is 0 Å². The lowest BCUT2D eigenvalue weighted by Gasteiger charge is -2.25. The fourth-order valence-corrected chi connectivity index (χ4v) is 2.70. The smallest absolute Gasteiger partial charge is 0.147 e. The van der Waals surface area contributed by atoms with Crippen LogP contribution in [-0.4, -0.2) is 16.5 Å². The van der Waals surface area contributed by atoms with Crippen molar-refractivity contribution in [2.75, 3.05) is 11.4 Å². The largest absolute Gasteiger partial charge is 0.348 e. The van der Waals surface area contributed by atoms with Crippen molar-refractivity contribution >= 4 is 5.82 Å². The van der Waals surface area contributed by atoms with Crippen LogP contribution >= 0.6 is 0 Å². The van der Waals surface area contributed by atoms with Crippen molar-refractivity contribution in [2.45, 2.75) is 25.4 Å². The van der Waals surface area contributed by atoms with Crippen molar-refractivity contribution in [3.8, 4) is 0 Å². The maximum atomic E-state index is 5.64. The van der Waals surface area contributed by atoms with Gasteiger partial charge in [0.2, 0.25) is 0 Å². The van der Waals surface area contributed by atoms with E-state index in [0.29, 0.717) is 12.6 Å². The molecule has 1 aliphatic rings. The molecule has 0 radical (unpaired) electrons. The molecule has 4 heteroatoms. The summed E-state index contributed by atoms with van der Waals surface area (Å²) in [5.41, 5.74) is 8.15. The second-order valence-electron chi connectivity index (χ2n) is 4.86. The summed E-state index contributed by atoms with van der Waals surface area (Å²) < 4.78 is 0. The fourth-order valence-electron chi connectivity index (χ4n) is 2.70. The van der Waals surface area contributed by atoms with Crippen molar-refractivity contribution in [1.82, 2.24) is 9.97 Å². The minimum absolute atomic E-state index is 0.406. The summed E-state index contributed by atoms with van der Waals surface area (Å²) in [6.07, 6.45) is 7.66. The molecule has 0 bridgehead atoms. The molecular formula is C15H18N4. The van der Waals surface area contributed by atoms with Gasteiger partial charge in [0.15, 0.2) is 0 Å². The number of rotatable bonds is 3. The molecule has 1 aromatic heterocycles. The van der Waals surface area contributed by atoms with Crippen molar-refractivity contribution in [1.29, 1.82) is 0 Å². The maximum absolute atomic E-state index is 5.64. The summed E-state index contributed by atoms with van der Waals surface area (Å²) in [4.78, 5) is 10.9.